The van der Waals surface area contributed by atoms with E-state index in [1.54, 1.807) is 6.07 Å². The van der Waals surface area contributed by atoms with Crippen LogP contribution < -0.4 is 21.9 Å². The van der Waals surface area contributed by atoms with E-state index in [-0.39, 0.29) is 18.2 Å². The average molecular weight is 207 g/mol. The smallest absolute Gasteiger partial charge is 0.121 e. The van der Waals surface area contributed by atoms with E-state index in [0.717, 1.165) is 18.6 Å². The summed E-state index contributed by atoms with van der Waals surface area (Å²) in [6, 6.07) is 7.56. The van der Waals surface area contributed by atoms with Gasteiger partial charge in [0.1, 0.15) is 11.9 Å². The zero-order valence-electron chi connectivity index (χ0n) is 8.60. The van der Waals surface area contributed by atoms with Crippen molar-refractivity contribution >= 4 is 5.69 Å². The summed E-state index contributed by atoms with van der Waals surface area (Å²) >= 11 is 0. The first-order valence-electron chi connectivity index (χ1n) is 5.18. The molecule has 0 bridgehead atoms. The third-order valence-electron chi connectivity index (χ3n) is 2.73. The van der Waals surface area contributed by atoms with Crippen LogP contribution in [0, 0.1) is 0 Å². The highest BCUT2D eigenvalue weighted by atomic mass is 16.5. The minimum Gasteiger partial charge on any atom is -0.489 e. The molecule has 0 amide bonds. The molecule has 0 unspecified atom stereocenters. The van der Waals surface area contributed by atoms with Gasteiger partial charge in [-0.2, -0.15) is 0 Å². The van der Waals surface area contributed by atoms with E-state index in [2.05, 4.69) is 0 Å². The van der Waals surface area contributed by atoms with Crippen LogP contribution in [-0.2, 0) is 0 Å². The van der Waals surface area contributed by atoms with Crippen LogP contribution in [0.4, 0.5) is 5.69 Å². The largest absolute Gasteiger partial charge is 0.489 e. The molecule has 1 aromatic rings. The molecule has 3 atom stereocenters. The minimum atomic E-state index is 0.0156. The highest BCUT2D eigenvalue weighted by molar-refractivity contribution is 5.43. The van der Waals surface area contributed by atoms with E-state index in [0.29, 0.717) is 5.69 Å². The van der Waals surface area contributed by atoms with Crippen LogP contribution >= 0.6 is 0 Å². The molecule has 4 nitrogen and oxygen atoms in total. The number of rotatable bonds is 2. The van der Waals surface area contributed by atoms with Gasteiger partial charge in [-0.15, -0.1) is 0 Å². The van der Waals surface area contributed by atoms with E-state index >= 15 is 0 Å². The van der Waals surface area contributed by atoms with Crippen LogP contribution in [-0.4, -0.2) is 18.2 Å². The molecular formula is C11H17N3O. The Balaban J connectivity index is 2.03. The summed E-state index contributed by atoms with van der Waals surface area (Å²) in [6.45, 7) is 0. The number of nitrogens with two attached hydrogens (primary N) is 3. The van der Waals surface area contributed by atoms with Crippen LogP contribution in [0.1, 0.15) is 12.8 Å². The average Bonchev–Trinajstić information content (AvgIpc) is 2.45. The Hall–Kier alpha value is -1.26. The van der Waals surface area contributed by atoms with E-state index in [1.807, 2.05) is 18.2 Å². The zero-order chi connectivity index (χ0) is 10.8. The Morgan fingerprint density at radius 3 is 2.60 bits per heavy atom. The molecule has 15 heavy (non-hydrogen) atoms. The Bertz CT molecular complexity index is 342. The lowest BCUT2D eigenvalue weighted by atomic mass is 10.2. The summed E-state index contributed by atoms with van der Waals surface area (Å²) in [4.78, 5) is 0. The normalized spacial score (nSPS) is 30.4. The van der Waals surface area contributed by atoms with Gasteiger partial charge in [0.15, 0.2) is 0 Å². The van der Waals surface area contributed by atoms with Gasteiger partial charge in [-0.05, 0) is 18.6 Å². The fourth-order valence-corrected chi connectivity index (χ4v) is 1.97. The Morgan fingerprint density at radius 1 is 1.20 bits per heavy atom. The third-order valence-corrected chi connectivity index (χ3v) is 2.73. The van der Waals surface area contributed by atoms with Crippen LogP contribution in [0.5, 0.6) is 5.75 Å². The minimum absolute atomic E-state index is 0.0156. The Labute approximate surface area is 89.4 Å². The van der Waals surface area contributed by atoms with Crippen LogP contribution in [0.2, 0.25) is 0 Å². The second kappa shape index (κ2) is 4.08. The summed E-state index contributed by atoms with van der Waals surface area (Å²) in [5, 5.41) is 0. The van der Waals surface area contributed by atoms with Crippen molar-refractivity contribution in [2.24, 2.45) is 11.5 Å². The number of hydrogen-bond donors (Lipinski definition) is 3. The van der Waals surface area contributed by atoms with Gasteiger partial charge >= 0.3 is 0 Å². The SMILES string of the molecule is Nc1cccc(O[C@@H]2C[C@@H](N)C[C@H]2N)c1. The highest BCUT2D eigenvalue weighted by Gasteiger charge is 2.31. The monoisotopic (exact) mass is 207 g/mol. The van der Waals surface area contributed by atoms with Crippen molar-refractivity contribution in [1.29, 1.82) is 0 Å². The number of benzene rings is 1. The van der Waals surface area contributed by atoms with Crippen molar-refractivity contribution in [3.8, 4) is 5.75 Å². The Kier molecular flexibility index (Phi) is 2.79. The maximum Gasteiger partial charge on any atom is 0.121 e. The van der Waals surface area contributed by atoms with Gasteiger partial charge in [0.05, 0.1) is 0 Å². The molecule has 1 aliphatic rings. The molecule has 82 valence electrons. The van der Waals surface area contributed by atoms with Crippen molar-refractivity contribution in [2.75, 3.05) is 5.73 Å². The van der Waals surface area contributed by atoms with E-state index in [9.17, 15) is 0 Å². The van der Waals surface area contributed by atoms with Crippen molar-refractivity contribution in [3.05, 3.63) is 24.3 Å². The molecule has 1 fully saturated rings. The second-order valence-electron chi connectivity index (χ2n) is 4.12. The number of hydrogen-bond acceptors (Lipinski definition) is 4. The van der Waals surface area contributed by atoms with Crippen molar-refractivity contribution < 1.29 is 4.74 Å². The second-order valence-corrected chi connectivity index (χ2v) is 4.12. The zero-order valence-corrected chi connectivity index (χ0v) is 8.60. The van der Waals surface area contributed by atoms with E-state index in [4.69, 9.17) is 21.9 Å². The van der Waals surface area contributed by atoms with Crippen LogP contribution in [0.25, 0.3) is 0 Å². The summed E-state index contributed by atoms with van der Waals surface area (Å²) in [5.41, 5.74) is 18.1. The van der Waals surface area contributed by atoms with Crippen LogP contribution in [0.15, 0.2) is 24.3 Å². The molecule has 4 heteroatoms. The lowest BCUT2D eigenvalue weighted by Crippen LogP contribution is -2.33. The number of nitrogen functional groups attached to an aromatic ring is 1. The molecule has 1 aromatic carbocycles. The molecule has 1 saturated carbocycles. The molecular weight excluding hydrogens is 190 g/mol. The van der Waals surface area contributed by atoms with Gasteiger partial charge in [-0.25, -0.2) is 0 Å². The first-order chi connectivity index (χ1) is 7.15. The van der Waals surface area contributed by atoms with Gasteiger partial charge in [0.2, 0.25) is 0 Å². The summed E-state index contributed by atoms with van der Waals surface area (Å²) in [7, 11) is 0. The van der Waals surface area contributed by atoms with Crippen molar-refractivity contribution in [1.82, 2.24) is 0 Å². The molecule has 0 spiro atoms. The number of anilines is 1. The topological polar surface area (TPSA) is 87.3 Å². The van der Waals surface area contributed by atoms with Gasteiger partial charge < -0.3 is 21.9 Å². The number of ether oxygens (including phenoxy) is 1. The first kappa shape index (κ1) is 10.3. The predicted octanol–water partition coefficient (Wildman–Crippen LogP) is 0.465. The molecule has 0 heterocycles. The summed E-state index contributed by atoms with van der Waals surface area (Å²) in [5.74, 6) is 0.768. The first-order valence-corrected chi connectivity index (χ1v) is 5.18. The van der Waals surface area contributed by atoms with Crippen LogP contribution in [0.3, 0.4) is 0 Å². The van der Waals surface area contributed by atoms with E-state index in [1.165, 1.54) is 0 Å². The lowest BCUT2D eigenvalue weighted by molar-refractivity contribution is 0.190. The fourth-order valence-electron chi connectivity index (χ4n) is 1.97. The standard InChI is InChI=1S/C11H17N3O/c12-7-2-1-3-9(4-7)15-11-6-8(13)5-10(11)14/h1-4,8,10-11H,5-6,12-14H2/t8-,10+,11+/m0/s1. The maximum absolute atomic E-state index is 5.92. The fraction of sp³-hybridized carbons (Fsp3) is 0.455. The van der Waals surface area contributed by atoms with Gasteiger partial charge in [0, 0.05) is 30.3 Å². The third kappa shape index (κ3) is 2.40. The van der Waals surface area contributed by atoms with Gasteiger partial charge in [-0.3, -0.25) is 0 Å². The molecule has 0 radical (unpaired) electrons. The molecule has 6 N–H and O–H groups in total. The Morgan fingerprint density at radius 2 is 2.00 bits per heavy atom. The van der Waals surface area contributed by atoms with E-state index < -0.39 is 0 Å². The lowest BCUT2D eigenvalue weighted by Gasteiger charge is -2.17. The summed E-state index contributed by atoms with van der Waals surface area (Å²) < 4.78 is 5.75. The quantitative estimate of drug-likeness (QED) is 0.615. The summed E-state index contributed by atoms with van der Waals surface area (Å²) in [6.07, 6.45) is 1.66. The van der Waals surface area contributed by atoms with Gasteiger partial charge in [0.25, 0.3) is 0 Å². The van der Waals surface area contributed by atoms with Gasteiger partial charge in [-0.1, -0.05) is 6.07 Å². The highest BCUT2D eigenvalue weighted by Crippen LogP contribution is 2.24. The predicted molar refractivity (Wildman–Crippen MR) is 60.5 cm³/mol. The van der Waals surface area contributed by atoms with Crippen molar-refractivity contribution in [3.63, 3.8) is 0 Å². The molecule has 0 saturated heterocycles. The molecule has 1 aliphatic carbocycles. The molecule has 2 rings (SSSR count). The van der Waals surface area contributed by atoms with Crippen molar-refractivity contribution in [2.45, 2.75) is 31.0 Å². The maximum atomic E-state index is 5.92. The molecule has 0 aliphatic heterocycles. The molecule has 0 aromatic heterocycles.